The topological polar surface area (TPSA) is 42.3 Å². The molecule has 3 rings (SSSR count). The number of carbonyl (C=O) groups is 2. The average Bonchev–Trinajstić information content (AvgIpc) is 2.90. The molecular weight excluding hydrogens is 204 g/mol. The summed E-state index contributed by atoms with van der Waals surface area (Å²) in [5.41, 5.74) is 1.77. The number of Topliss-reactive ketones (excluding diaryl/α,β-unsaturated/α-hetero) is 1. The van der Waals surface area contributed by atoms with Crippen molar-refractivity contribution in [2.45, 2.75) is 12.8 Å². The fourth-order valence-electron chi connectivity index (χ4n) is 2.47. The third-order valence-electron chi connectivity index (χ3n) is 3.30. The molecule has 1 aromatic heterocycles. The molecular formula is C12H12N2O2. The molecule has 1 aromatic rings. The Labute approximate surface area is 93.2 Å². The second-order valence-electron chi connectivity index (χ2n) is 4.24. The molecule has 4 nitrogen and oxygen atoms in total. The summed E-state index contributed by atoms with van der Waals surface area (Å²) >= 11 is 0. The number of allylic oxidation sites excluding steroid dienone is 2. The summed E-state index contributed by atoms with van der Waals surface area (Å²) in [5, 5.41) is 0. The largest absolute Gasteiger partial charge is 0.377 e. The van der Waals surface area contributed by atoms with Gasteiger partial charge in [-0.15, -0.1) is 0 Å². The first-order chi connectivity index (χ1) is 7.70. The fraction of sp³-hybridized carbons (Fsp3) is 0.333. The van der Waals surface area contributed by atoms with E-state index in [-0.39, 0.29) is 11.7 Å². The molecule has 0 atom stereocenters. The zero-order chi connectivity index (χ0) is 11.3. The van der Waals surface area contributed by atoms with Crippen LogP contribution in [0.3, 0.4) is 0 Å². The van der Waals surface area contributed by atoms with Crippen molar-refractivity contribution in [1.29, 1.82) is 0 Å². The van der Waals surface area contributed by atoms with Gasteiger partial charge in [0.2, 0.25) is 5.78 Å². The van der Waals surface area contributed by atoms with Gasteiger partial charge in [0.1, 0.15) is 5.57 Å². The van der Waals surface area contributed by atoms with E-state index in [1.807, 2.05) is 11.9 Å². The number of hydrogen-bond acceptors (Lipinski definition) is 3. The molecule has 0 bridgehead atoms. The SMILES string of the molecule is CN1CCCC1=C1C(=O)c2cccn2C1=O. The van der Waals surface area contributed by atoms with Crippen LogP contribution in [-0.4, -0.2) is 34.7 Å². The molecule has 0 radical (unpaired) electrons. The second-order valence-corrected chi connectivity index (χ2v) is 4.24. The number of ketones is 1. The lowest BCUT2D eigenvalue weighted by Crippen LogP contribution is -2.17. The van der Waals surface area contributed by atoms with Crippen LogP contribution in [0.5, 0.6) is 0 Å². The third-order valence-corrected chi connectivity index (χ3v) is 3.30. The maximum absolute atomic E-state index is 12.1. The van der Waals surface area contributed by atoms with Gasteiger partial charge in [-0.1, -0.05) is 0 Å². The molecule has 3 heterocycles. The molecule has 0 N–H and O–H groups in total. The summed E-state index contributed by atoms with van der Waals surface area (Å²) in [4.78, 5) is 26.1. The number of nitrogens with zero attached hydrogens (tertiary/aromatic N) is 2. The summed E-state index contributed by atoms with van der Waals surface area (Å²) in [6, 6.07) is 3.42. The van der Waals surface area contributed by atoms with E-state index in [0.717, 1.165) is 25.1 Å². The highest BCUT2D eigenvalue weighted by Gasteiger charge is 2.36. The summed E-state index contributed by atoms with van der Waals surface area (Å²) in [7, 11) is 1.93. The van der Waals surface area contributed by atoms with Crippen LogP contribution in [0.2, 0.25) is 0 Å². The van der Waals surface area contributed by atoms with E-state index in [0.29, 0.717) is 11.3 Å². The first kappa shape index (κ1) is 9.39. The van der Waals surface area contributed by atoms with Gasteiger partial charge in [0.15, 0.2) is 0 Å². The average molecular weight is 216 g/mol. The van der Waals surface area contributed by atoms with Gasteiger partial charge in [-0.25, -0.2) is 0 Å². The van der Waals surface area contributed by atoms with E-state index in [4.69, 9.17) is 0 Å². The number of carbonyl (C=O) groups excluding carboxylic acids is 2. The molecule has 1 fully saturated rings. The molecule has 82 valence electrons. The van der Waals surface area contributed by atoms with E-state index in [9.17, 15) is 9.59 Å². The van der Waals surface area contributed by atoms with Crippen LogP contribution in [0.1, 0.15) is 28.1 Å². The predicted molar refractivity (Wildman–Crippen MR) is 58.3 cm³/mol. The smallest absolute Gasteiger partial charge is 0.268 e. The lowest BCUT2D eigenvalue weighted by atomic mass is 10.1. The lowest BCUT2D eigenvalue weighted by Gasteiger charge is -2.13. The van der Waals surface area contributed by atoms with E-state index < -0.39 is 0 Å². The van der Waals surface area contributed by atoms with Crippen molar-refractivity contribution in [3.8, 4) is 0 Å². The van der Waals surface area contributed by atoms with Crippen LogP contribution in [0.25, 0.3) is 0 Å². The van der Waals surface area contributed by atoms with Gasteiger partial charge in [-0.3, -0.25) is 14.2 Å². The van der Waals surface area contributed by atoms with Crippen LogP contribution in [-0.2, 0) is 0 Å². The maximum atomic E-state index is 12.1. The minimum atomic E-state index is -0.172. The van der Waals surface area contributed by atoms with Gasteiger partial charge in [0.05, 0.1) is 5.69 Å². The van der Waals surface area contributed by atoms with Crippen molar-refractivity contribution < 1.29 is 9.59 Å². The van der Waals surface area contributed by atoms with Gasteiger partial charge in [0.25, 0.3) is 5.91 Å². The van der Waals surface area contributed by atoms with E-state index >= 15 is 0 Å². The molecule has 0 unspecified atom stereocenters. The second kappa shape index (κ2) is 3.07. The Balaban J connectivity index is 2.17. The minimum Gasteiger partial charge on any atom is -0.377 e. The quantitative estimate of drug-likeness (QED) is 0.485. The molecule has 16 heavy (non-hydrogen) atoms. The van der Waals surface area contributed by atoms with Crippen LogP contribution in [0, 0.1) is 0 Å². The Kier molecular flexibility index (Phi) is 1.80. The number of fused-ring (bicyclic) bond motifs is 1. The van der Waals surface area contributed by atoms with E-state index in [1.165, 1.54) is 4.57 Å². The number of rotatable bonds is 0. The van der Waals surface area contributed by atoms with E-state index in [2.05, 4.69) is 0 Å². The molecule has 0 saturated carbocycles. The minimum absolute atomic E-state index is 0.126. The predicted octanol–water partition coefficient (Wildman–Crippen LogP) is 1.30. The van der Waals surface area contributed by atoms with Gasteiger partial charge in [-0.2, -0.15) is 0 Å². The Hall–Kier alpha value is -1.84. The highest BCUT2D eigenvalue weighted by atomic mass is 16.2. The van der Waals surface area contributed by atoms with Crippen molar-refractivity contribution in [3.05, 3.63) is 35.3 Å². The highest BCUT2D eigenvalue weighted by Crippen LogP contribution is 2.29. The molecule has 0 aromatic carbocycles. The number of hydrogen-bond donors (Lipinski definition) is 0. The van der Waals surface area contributed by atoms with Crippen molar-refractivity contribution in [3.63, 3.8) is 0 Å². The van der Waals surface area contributed by atoms with Crippen molar-refractivity contribution in [2.75, 3.05) is 13.6 Å². The third kappa shape index (κ3) is 1.04. The van der Waals surface area contributed by atoms with Crippen molar-refractivity contribution in [2.24, 2.45) is 0 Å². The zero-order valence-corrected chi connectivity index (χ0v) is 9.06. The van der Waals surface area contributed by atoms with Gasteiger partial charge < -0.3 is 4.90 Å². The summed E-state index contributed by atoms with van der Waals surface area (Å²) < 4.78 is 1.44. The monoisotopic (exact) mass is 216 g/mol. The molecule has 0 aliphatic carbocycles. The lowest BCUT2D eigenvalue weighted by molar-refractivity contribution is 0.0948. The van der Waals surface area contributed by atoms with E-state index in [1.54, 1.807) is 18.3 Å². The standard InChI is InChI=1S/C12H12N2O2/c1-13-6-2-4-8(13)10-11(15)9-5-3-7-14(9)12(10)16/h3,5,7H,2,4,6H2,1H3. The highest BCUT2D eigenvalue weighted by molar-refractivity contribution is 6.32. The van der Waals surface area contributed by atoms with Crippen LogP contribution in [0.15, 0.2) is 29.6 Å². The summed E-state index contributed by atoms with van der Waals surface area (Å²) in [6.07, 6.45) is 3.50. The van der Waals surface area contributed by atoms with Gasteiger partial charge in [0, 0.05) is 25.5 Å². The van der Waals surface area contributed by atoms with Crippen molar-refractivity contribution in [1.82, 2.24) is 9.47 Å². The summed E-state index contributed by atoms with van der Waals surface area (Å²) in [5.74, 6) is -0.299. The first-order valence-corrected chi connectivity index (χ1v) is 5.41. The number of aromatic nitrogens is 1. The van der Waals surface area contributed by atoms with Crippen LogP contribution < -0.4 is 0 Å². The Bertz CT molecular complexity index is 492. The number of likely N-dealkylation sites (tertiary alicyclic amines) is 1. The van der Waals surface area contributed by atoms with Crippen LogP contribution >= 0.6 is 0 Å². The van der Waals surface area contributed by atoms with Crippen LogP contribution in [0.4, 0.5) is 0 Å². The van der Waals surface area contributed by atoms with Gasteiger partial charge >= 0.3 is 0 Å². The Morgan fingerprint density at radius 1 is 1.31 bits per heavy atom. The molecule has 1 saturated heterocycles. The molecule has 0 amide bonds. The molecule has 2 aliphatic rings. The fourth-order valence-corrected chi connectivity index (χ4v) is 2.47. The normalized spacial score (nSPS) is 24.4. The maximum Gasteiger partial charge on any atom is 0.268 e. The first-order valence-electron chi connectivity index (χ1n) is 5.41. The Morgan fingerprint density at radius 3 is 2.75 bits per heavy atom. The van der Waals surface area contributed by atoms with Gasteiger partial charge in [-0.05, 0) is 25.0 Å². The molecule has 4 heteroatoms. The zero-order valence-electron chi connectivity index (χ0n) is 9.06. The molecule has 0 spiro atoms. The van der Waals surface area contributed by atoms with Crippen molar-refractivity contribution >= 4 is 11.7 Å². The summed E-state index contributed by atoms with van der Waals surface area (Å²) in [6.45, 7) is 0.925. The molecule has 2 aliphatic heterocycles. The Morgan fingerprint density at radius 2 is 2.12 bits per heavy atom.